The third-order valence-electron chi connectivity index (χ3n) is 2.83. The SMILES string of the molecule is N#CC(=Cc1c(F)cccc1Cl)C(=O)Nc1ccc(F)c(Cl)c1. The molecule has 2 aromatic carbocycles. The minimum absolute atomic E-state index is 0.0652. The van der Waals surface area contributed by atoms with E-state index in [1.807, 2.05) is 0 Å². The number of carbonyl (C=O) groups is 1. The van der Waals surface area contributed by atoms with Gasteiger partial charge in [-0.1, -0.05) is 29.3 Å². The molecule has 2 rings (SSSR count). The van der Waals surface area contributed by atoms with Crippen molar-refractivity contribution in [3.63, 3.8) is 0 Å². The molecule has 0 saturated carbocycles. The molecule has 0 unspecified atom stereocenters. The highest BCUT2D eigenvalue weighted by molar-refractivity contribution is 6.32. The largest absolute Gasteiger partial charge is 0.321 e. The van der Waals surface area contributed by atoms with E-state index in [0.29, 0.717) is 0 Å². The quantitative estimate of drug-likeness (QED) is 0.636. The zero-order chi connectivity index (χ0) is 17.0. The number of nitrogens with one attached hydrogen (secondary N) is 1. The highest BCUT2D eigenvalue weighted by atomic mass is 35.5. The molecule has 0 atom stereocenters. The van der Waals surface area contributed by atoms with Crippen LogP contribution in [0.4, 0.5) is 14.5 Å². The molecule has 0 fully saturated rings. The van der Waals surface area contributed by atoms with Gasteiger partial charge in [-0.15, -0.1) is 0 Å². The highest BCUT2D eigenvalue weighted by Gasteiger charge is 2.13. The van der Waals surface area contributed by atoms with Gasteiger partial charge in [-0.2, -0.15) is 5.26 Å². The van der Waals surface area contributed by atoms with Crippen LogP contribution in [0.2, 0.25) is 10.0 Å². The smallest absolute Gasteiger partial charge is 0.266 e. The van der Waals surface area contributed by atoms with Crippen molar-refractivity contribution in [3.8, 4) is 6.07 Å². The summed E-state index contributed by atoms with van der Waals surface area (Å²) in [5.41, 5.74) is -0.238. The summed E-state index contributed by atoms with van der Waals surface area (Å²) >= 11 is 11.5. The average Bonchev–Trinajstić information content (AvgIpc) is 2.50. The first-order chi connectivity index (χ1) is 10.9. The molecule has 0 aliphatic heterocycles. The number of hydrogen-bond donors (Lipinski definition) is 1. The van der Waals surface area contributed by atoms with Crippen LogP contribution in [0.1, 0.15) is 5.56 Å². The molecule has 0 bridgehead atoms. The van der Waals surface area contributed by atoms with Crippen molar-refractivity contribution < 1.29 is 13.6 Å². The number of anilines is 1. The third-order valence-corrected chi connectivity index (χ3v) is 3.45. The lowest BCUT2D eigenvalue weighted by atomic mass is 10.1. The first-order valence-corrected chi connectivity index (χ1v) is 7.00. The van der Waals surface area contributed by atoms with Gasteiger partial charge >= 0.3 is 0 Å². The number of carbonyl (C=O) groups excluding carboxylic acids is 1. The van der Waals surface area contributed by atoms with E-state index in [-0.39, 0.29) is 26.9 Å². The van der Waals surface area contributed by atoms with E-state index in [0.717, 1.165) is 18.2 Å². The van der Waals surface area contributed by atoms with Crippen LogP contribution in [-0.2, 0) is 4.79 Å². The van der Waals surface area contributed by atoms with Gasteiger partial charge < -0.3 is 5.32 Å². The Balaban J connectivity index is 2.30. The molecule has 0 aliphatic carbocycles. The first-order valence-electron chi connectivity index (χ1n) is 6.24. The lowest BCUT2D eigenvalue weighted by Gasteiger charge is -2.06. The highest BCUT2D eigenvalue weighted by Crippen LogP contribution is 2.23. The van der Waals surface area contributed by atoms with E-state index in [4.69, 9.17) is 28.5 Å². The molecule has 0 aromatic heterocycles. The van der Waals surface area contributed by atoms with E-state index in [1.165, 1.54) is 24.3 Å². The predicted molar refractivity (Wildman–Crippen MR) is 85.0 cm³/mol. The molecule has 1 amide bonds. The molecule has 2 aromatic rings. The van der Waals surface area contributed by atoms with Gasteiger partial charge in [-0.3, -0.25) is 4.79 Å². The summed E-state index contributed by atoms with van der Waals surface area (Å²) in [7, 11) is 0. The van der Waals surface area contributed by atoms with Gasteiger partial charge in [0.05, 0.1) is 10.0 Å². The molecule has 0 saturated heterocycles. The Hall–Kier alpha value is -2.42. The summed E-state index contributed by atoms with van der Waals surface area (Å²) < 4.78 is 26.8. The summed E-state index contributed by atoms with van der Waals surface area (Å²) in [4.78, 5) is 12.1. The van der Waals surface area contributed by atoms with Crippen molar-refractivity contribution in [2.45, 2.75) is 0 Å². The van der Waals surface area contributed by atoms with E-state index >= 15 is 0 Å². The topological polar surface area (TPSA) is 52.9 Å². The van der Waals surface area contributed by atoms with Crippen LogP contribution in [0.15, 0.2) is 42.0 Å². The van der Waals surface area contributed by atoms with E-state index < -0.39 is 17.5 Å². The lowest BCUT2D eigenvalue weighted by Crippen LogP contribution is -2.13. The fourth-order valence-corrected chi connectivity index (χ4v) is 2.11. The van der Waals surface area contributed by atoms with Crippen LogP contribution in [-0.4, -0.2) is 5.91 Å². The first kappa shape index (κ1) is 16.9. The van der Waals surface area contributed by atoms with E-state index in [2.05, 4.69) is 5.32 Å². The van der Waals surface area contributed by atoms with Crippen LogP contribution in [0, 0.1) is 23.0 Å². The van der Waals surface area contributed by atoms with Crippen molar-refractivity contribution >= 4 is 40.9 Å². The molecule has 7 heteroatoms. The lowest BCUT2D eigenvalue weighted by molar-refractivity contribution is -0.112. The van der Waals surface area contributed by atoms with E-state index in [9.17, 15) is 13.6 Å². The van der Waals surface area contributed by atoms with Crippen LogP contribution >= 0.6 is 23.2 Å². The second-order valence-electron chi connectivity index (χ2n) is 4.39. The fourth-order valence-electron chi connectivity index (χ4n) is 1.71. The van der Waals surface area contributed by atoms with Gasteiger partial charge in [-0.25, -0.2) is 8.78 Å². The molecule has 23 heavy (non-hydrogen) atoms. The second kappa shape index (κ2) is 7.23. The third kappa shape index (κ3) is 4.07. The summed E-state index contributed by atoms with van der Waals surface area (Å²) in [6.07, 6.45) is 1.04. The number of halogens is 4. The van der Waals surface area contributed by atoms with Crippen LogP contribution in [0.25, 0.3) is 6.08 Å². The molecule has 3 nitrogen and oxygen atoms in total. The van der Waals surface area contributed by atoms with E-state index in [1.54, 1.807) is 6.07 Å². The maximum atomic E-state index is 13.7. The second-order valence-corrected chi connectivity index (χ2v) is 5.20. The monoisotopic (exact) mass is 352 g/mol. The number of amides is 1. The standard InChI is InChI=1S/C16H8Cl2F2N2O/c17-12-2-1-3-14(19)11(12)6-9(8-21)16(23)22-10-4-5-15(20)13(18)7-10/h1-7H,(H,22,23). The van der Waals surface area contributed by atoms with Crippen LogP contribution in [0.3, 0.4) is 0 Å². The van der Waals surface area contributed by atoms with Gasteiger partial charge in [0.25, 0.3) is 5.91 Å². The normalized spacial score (nSPS) is 11.0. The minimum Gasteiger partial charge on any atom is -0.321 e. The average molecular weight is 353 g/mol. The Morgan fingerprint density at radius 3 is 2.48 bits per heavy atom. The molecule has 0 aliphatic rings. The number of benzene rings is 2. The number of hydrogen-bond acceptors (Lipinski definition) is 2. The van der Waals surface area contributed by atoms with Crippen molar-refractivity contribution in [3.05, 3.63) is 69.2 Å². The fraction of sp³-hybridized carbons (Fsp3) is 0. The molecular formula is C16H8Cl2F2N2O. The molecule has 1 N–H and O–H groups in total. The molecular weight excluding hydrogens is 345 g/mol. The Labute approximate surface area is 140 Å². The number of nitriles is 1. The number of rotatable bonds is 3. The maximum absolute atomic E-state index is 13.7. The van der Waals surface area contributed by atoms with Gasteiger partial charge in [0.1, 0.15) is 23.3 Å². The summed E-state index contributed by atoms with van der Waals surface area (Å²) in [6.45, 7) is 0. The van der Waals surface area contributed by atoms with Gasteiger partial charge in [-0.05, 0) is 36.4 Å². The van der Waals surface area contributed by atoms with Crippen LogP contribution in [0.5, 0.6) is 0 Å². The Morgan fingerprint density at radius 1 is 1.13 bits per heavy atom. The maximum Gasteiger partial charge on any atom is 0.266 e. The Bertz CT molecular complexity index is 824. The van der Waals surface area contributed by atoms with Crippen LogP contribution < -0.4 is 5.32 Å². The Morgan fingerprint density at radius 2 is 1.87 bits per heavy atom. The molecule has 0 heterocycles. The molecule has 0 spiro atoms. The van der Waals surface area contributed by atoms with Crippen molar-refractivity contribution in [2.75, 3.05) is 5.32 Å². The van der Waals surface area contributed by atoms with Gasteiger partial charge in [0.2, 0.25) is 0 Å². The summed E-state index contributed by atoms with van der Waals surface area (Å²) in [5.74, 6) is -2.10. The summed E-state index contributed by atoms with van der Waals surface area (Å²) in [6, 6.07) is 9.21. The predicted octanol–water partition coefficient (Wildman–Crippen LogP) is 4.82. The number of nitrogens with zero attached hydrogens (tertiary/aromatic N) is 1. The van der Waals surface area contributed by atoms with Crippen molar-refractivity contribution in [1.82, 2.24) is 0 Å². The zero-order valence-electron chi connectivity index (χ0n) is 11.4. The van der Waals surface area contributed by atoms with Crippen molar-refractivity contribution in [1.29, 1.82) is 5.26 Å². The summed E-state index contributed by atoms with van der Waals surface area (Å²) in [5, 5.41) is 11.3. The minimum atomic E-state index is -0.797. The molecule has 0 radical (unpaired) electrons. The van der Waals surface area contributed by atoms with Gasteiger partial charge in [0, 0.05) is 11.3 Å². The molecule has 116 valence electrons. The van der Waals surface area contributed by atoms with Gasteiger partial charge in [0.15, 0.2) is 0 Å². The Kier molecular flexibility index (Phi) is 5.32. The zero-order valence-corrected chi connectivity index (χ0v) is 12.9. The van der Waals surface area contributed by atoms with Crippen molar-refractivity contribution in [2.24, 2.45) is 0 Å².